The van der Waals surface area contributed by atoms with E-state index in [0.717, 1.165) is 48.3 Å². The van der Waals surface area contributed by atoms with Crippen molar-refractivity contribution in [3.8, 4) is 0 Å². The van der Waals surface area contributed by atoms with Crippen LogP contribution >= 0.6 is 11.6 Å². The fourth-order valence-corrected chi connectivity index (χ4v) is 3.91. The Morgan fingerprint density at radius 3 is 2.83 bits per heavy atom. The third kappa shape index (κ3) is 6.07. The van der Waals surface area contributed by atoms with Gasteiger partial charge in [-0.15, -0.1) is 0 Å². The number of carbonyl (C=O) groups is 1. The molecule has 0 saturated carbocycles. The quantitative estimate of drug-likeness (QED) is 0.265. The Hall–Kier alpha value is -2.37. The topological polar surface area (TPSA) is 51.1 Å². The third-order valence-electron chi connectivity index (χ3n) is 5.28. The molecule has 1 aliphatic heterocycles. The molecule has 1 atom stereocenters. The normalized spacial score (nSPS) is 17.6. The van der Waals surface area contributed by atoms with Crippen molar-refractivity contribution in [1.29, 1.82) is 0 Å². The first-order valence-corrected chi connectivity index (χ1v) is 10.9. The standard InChI is InChI=1S/C24H29ClN2O3/c1-3-29-24(28)20-10-7-13-27(17-20)14-15-30-26-23(19-9-6-11-21(25)16-19)22-12-5-4-8-18(22)2/h4-6,8-9,11-12,16,20H,3,7,10,13-15,17H2,1-2H3/b26-23+/t20-/m0/s1. The number of ether oxygens (including phenoxy) is 1. The van der Waals surface area contributed by atoms with Gasteiger partial charge in [-0.2, -0.15) is 0 Å². The molecule has 0 aromatic heterocycles. The number of rotatable bonds is 8. The third-order valence-corrected chi connectivity index (χ3v) is 5.51. The summed E-state index contributed by atoms with van der Waals surface area (Å²) in [6, 6.07) is 15.7. The summed E-state index contributed by atoms with van der Waals surface area (Å²) in [5.41, 5.74) is 3.81. The predicted molar refractivity (Wildman–Crippen MR) is 120 cm³/mol. The van der Waals surface area contributed by atoms with Crippen molar-refractivity contribution in [3.05, 3.63) is 70.2 Å². The summed E-state index contributed by atoms with van der Waals surface area (Å²) >= 11 is 6.20. The summed E-state index contributed by atoms with van der Waals surface area (Å²) in [6.07, 6.45) is 1.88. The SMILES string of the molecule is CCOC(=O)[C@H]1CCCN(CCO/N=C(\c2cccc(Cl)c2)c2ccccc2C)C1. The molecule has 5 nitrogen and oxygen atoms in total. The number of halogens is 1. The Morgan fingerprint density at radius 1 is 1.23 bits per heavy atom. The number of benzene rings is 2. The minimum atomic E-state index is -0.0936. The molecule has 0 amide bonds. The van der Waals surface area contributed by atoms with E-state index in [2.05, 4.69) is 23.0 Å². The minimum Gasteiger partial charge on any atom is -0.466 e. The van der Waals surface area contributed by atoms with Crippen LogP contribution in [0.3, 0.4) is 0 Å². The molecule has 6 heteroatoms. The van der Waals surface area contributed by atoms with Crippen LogP contribution in [0, 0.1) is 12.8 Å². The van der Waals surface area contributed by atoms with Gasteiger partial charge in [0, 0.05) is 29.2 Å². The van der Waals surface area contributed by atoms with Crippen molar-refractivity contribution in [2.75, 3.05) is 32.8 Å². The lowest BCUT2D eigenvalue weighted by atomic mass is 9.98. The summed E-state index contributed by atoms with van der Waals surface area (Å²) in [5.74, 6) is -0.139. The average Bonchev–Trinajstić information content (AvgIpc) is 2.75. The van der Waals surface area contributed by atoms with Gasteiger partial charge in [0.25, 0.3) is 0 Å². The first kappa shape index (κ1) is 22.3. The number of likely N-dealkylation sites (tertiary alicyclic amines) is 1. The summed E-state index contributed by atoms with van der Waals surface area (Å²) in [7, 11) is 0. The molecule has 0 bridgehead atoms. The van der Waals surface area contributed by atoms with Gasteiger partial charge >= 0.3 is 5.97 Å². The zero-order valence-corrected chi connectivity index (χ0v) is 18.4. The van der Waals surface area contributed by atoms with Crippen LogP contribution in [0.25, 0.3) is 0 Å². The van der Waals surface area contributed by atoms with Crippen LogP contribution in [-0.4, -0.2) is 49.4 Å². The lowest BCUT2D eigenvalue weighted by Gasteiger charge is -2.30. The maximum Gasteiger partial charge on any atom is 0.310 e. The Labute approximate surface area is 183 Å². The van der Waals surface area contributed by atoms with Gasteiger partial charge in [0.2, 0.25) is 0 Å². The van der Waals surface area contributed by atoms with Crippen LogP contribution in [0.4, 0.5) is 0 Å². The average molecular weight is 429 g/mol. The number of hydrogen-bond donors (Lipinski definition) is 0. The molecule has 1 fully saturated rings. The molecule has 0 spiro atoms. The van der Waals surface area contributed by atoms with E-state index in [0.29, 0.717) is 24.8 Å². The number of hydrogen-bond acceptors (Lipinski definition) is 5. The van der Waals surface area contributed by atoms with E-state index < -0.39 is 0 Å². The Balaban J connectivity index is 1.65. The number of oxime groups is 1. The van der Waals surface area contributed by atoms with Crippen molar-refractivity contribution in [1.82, 2.24) is 4.90 Å². The van der Waals surface area contributed by atoms with E-state index in [1.165, 1.54) is 0 Å². The van der Waals surface area contributed by atoms with Crippen LogP contribution in [0.15, 0.2) is 53.7 Å². The zero-order valence-electron chi connectivity index (χ0n) is 17.6. The smallest absolute Gasteiger partial charge is 0.310 e. The van der Waals surface area contributed by atoms with Crippen LogP contribution in [0.2, 0.25) is 5.02 Å². The van der Waals surface area contributed by atoms with Gasteiger partial charge in [0.15, 0.2) is 0 Å². The first-order chi connectivity index (χ1) is 14.6. The summed E-state index contributed by atoms with van der Waals surface area (Å²) < 4.78 is 5.18. The van der Waals surface area contributed by atoms with E-state index in [4.69, 9.17) is 21.2 Å². The monoisotopic (exact) mass is 428 g/mol. The van der Waals surface area contributed by atoms with Gasteiger partial charge in [0.1, 0.15) is 12.3 Å². The molecule has 0 unspecified atom stereocenters. The van der Waals surface area contributed by atoms with Gasteiger partial charge < -0.3 is 9.57 Å². The summed E-state index contributed by atoms with van der Waals surface area (Å²) in [6.45, 7) is 7.17. The van der Waals surface area contributed by atoms with E-state index in [9.17, 15) is 4.79 Å². The first-order valence-electron chi connectivity index (χ1n) is 10.5. The molecule has 1 saturated heterocycles. The lowest BCUT2D eigenvalue weighted by Crippen LogP contribution is -2.40. The van der Waals surface area contributed by atoms with E-state index >= 15 is 0 Å². The second-order valence-corrected chi connectivity index (χ2v) is 7.93. The number of piperidine rings is 1. The van der Waals surface area contributed by atoms with E-state index in [1.54, 1.807) is 0 Å². The van der Waals surface area contributed by atoms with Crippen molar-refractivity contribution in [3.63, 3.8) is 0 Å². The van der Waals surface area contributed by atoms with E-state index in [-0.39, 0.29) is 11.9 Å². The fourth-order valence-electron chi connectivity index (χ4n) is 3.72. The molecule has 2 aromatic rings. The minimum absolute atomic E-state index is 0.0452. The molecule has 1 aliphatic rings. The van der Waals surface area contributed by atoms with E-state index in [1.807, 2.05) is 49.4 Å². The van der Waals surface area contributed by atoms with Crippen LogP contribution in [0.5, 0.6) is 0 Å². The molecule has 0 N–H and O–H groups in total. The second-order valence-electron chi connectivity index (χ2n) is 7.49. The molecular weight excluding hydrogens is 400 g/mol. The fraction of sp³-hybridized carbons (Fsp3) is 0.417. The highest BCUT2D eigenvalue weighted by atomic mass is 35.5. The summed E-state index contributed by atoms with van der Waals surface area (Å²) in [5, 5.41) is 5.13. The largest absolute Gasteiger partial charge is 0.466 e. The molecule has 160 valence electrons. The highest BCUT2D eigenvalue weighted by molar-refractivity contribution is 6.31. The second kappa shape index (κ2) is 11.1. The molecule has 2 aromatic carbocycles. The Bertz CT molecular complexity index is 884. The number of nitrogens with zero attached hydrogens (tertiary/aromatic N) is 2. The number of esters is 1. The highest BCUT2D eigenvalue weighted by Gasteiger charge is 2.26. The molecule has 1 heterocycles. The van der Waals surface area contributed by atoms with Crippen LogP contribution in [0.1, 0.15) is 36.5 Å². The maximum atomic E-state index is 12.0. The Morgan fingerprint density at radius 2 is 2.07 bits per heavy atom. The van der Waals surface area contributed by atoms with Crippen molar-refractivity contribution in [2.45, 2.75) is 26.7 Å². The summed E-state index contributed by atoms with van der Waals surface area (Å²) in [4.78, 5) is 20.0. The van der Waals surface area contributed by atoms with Gasteiger partial charge in [-0.1, -0.05) is 53.2 Å². The number of aryl methyl sites for hydroxylation is 1. The molecule has 30 heavy (non-hydrogen) atoms. The Kier molecular flexibility index (Phi) is 8.29. The lowest BCUT2D eigenvalue weighted by molar-refractivity contribution is -0.150. The zero-order chi connectivity index (χ0) is 21.3. The maximum absolute atomic E-state index is 12.0. The number of carbonyl (C=O) groups excluding carboxylic acids is 1. The molecule has 3 rings (SSSR count). The molecular formula is C24H29ClN2O3. The predicted octanol–water partition coefficient (Wildman–Crippen LogP) is 4.69. The highest BCUT2D eigenvalue weighted by Crippen LogP contribution is 2.20. The van der Waals surface area contributed by atoms with Crippen molar-refractivity contribution < 1.29 is 14.4 Å². The molecule has 0 aliphatic carbocycles. The van der Waals surface area contributed by atoms with Gasteiger partial charge in [0.05, 0.1) is 12.5 Å². The van der Waals surface area contributed by atoms with Gasteiger partial charge in [-0.05, 0) is 50.9 Å². The van der Waals surface area contributed by atoms with Crippen LogP contribution in [-0.2, 0) is 14.4 Å². The van der Waals surface area contributed by atoms with Gasteiger partial charge in [-0.3, -0.25) is 9.69 Å². The van der Waals surface area contributed by atoms with Crippen molar-refractivity contribution >= 4 is 23.3 Å². The van der Waals surface area contributed by atoms with Crippen LogP contribution < -0.4 is 0 Å². The van der Waals surface area contributed by atoms with Gasteiger partial charge in [-0.25, -0.2) is 0 Å². The van der Waals surface area contributed by atoms with Crippen molar-refractivity contribution in [2.24, 2.45) is 11.1 Å². The molecule has 0 radical (unpaired) electrons.